The molecule has 1 N–H and O–H groups in total. The van der Waals surface area contributed by atoms with Crippen molar-refractivity contribution in [2.75, 3.05) is 5.32 Å². The van der Waals surface area contributed by atoms with E-state index >= 15 is 0 Å². The zero-order valence-corrected chi connectivity index (χ0v) is 11.5. The van der Waals surface area contributed by atoms with E-state index in [1.165, 1.54) is 4.74 Å². The van der Waals surface area contributed by atoms with Crippen LogP contribution < -0.4 is 10.9 Å². The zero-order chi connectivity index (χ0) is 14.2. The highest BCUT2D eigenvalue weighted by Gasteiger charge is 2.20. The van der Waals surface area contributed by atoms with Gasteiger partial charge in [0.1, 0.15) is 5.56 Å². The highest BCUT2D eigenvalue weighted by Crippen LogP contribution is 2.20. The monoisotopic (exact) mass is 280 g/mol. The molecule has 0 aliphatic heterocycles. The van der Waals surface area contributed by atoms with Crippen LogP contribution in [0.15, 0.2) is 27.5 Å². The largest absolute Gasteiger partial charge is 0.370 e. The molecule has 0 bridgehead atoms. The SMILES string of the molecule is Cc1cc(Cl)ccc1NC(=O)c1c(C)n(C)oc1=O. The molecule has 0 spiro atoms. The summed E-state index contributed by atoms with van der Waals surface area (Å²) in [4.78, 5) is 23.7. The molecule has 0 aliphatic rings. The lowest BCUT2D eigenvalue weighted by molar-refractivity contribution is 0.102. The van der Waals surface area contributed by atoms with Gasteiger partial charge in [-0.25, -0.2) is 9.53 Å². The number of carbonyl (C=O) groups is 1. The summed E-state index contributed by atoms with van der Waals surface area (Å²) >= 11 is 5.84. The number of carbonyl (C=O) groups excluding carboxylic acids is 1. The fourth-order valence-electron chi connectivity index (χ4n) is 1.75. The highest BCUT2D eigenvalue weighted by molar-refractivity contribution is 6.30. The summed E-state index contributed by atoms with van der Waals surface area (Å²) in [7, 11) is 1.57. The molecule has 6 heteroatoms. The fraction of sp³-hybridized carbons (Fsp3) is 0.231. The number of nitrogens with zero attached hydrogens (tertiary/aromatic N) is 1. The molecular formula is C13H13ClN2O3. The van der Waals surface area contributed by atoms with E-state index in [4.69, 9.17) is 16.1 Å². The number of benzene rings is 1. The first-order valence-corrected chi connectivity index (χ1v) is 6.02. The molecule has 1 aromatic carbocycles. The van der Waals surface area contributed by atoms with Gasteiger partial charge >= 0.3 is 5.63 Å². The van der Waals surface area contributed by atoms with Gasteiger partial charge in [-0.15, -0.1) is 0 Å². The molecule has 2 aromatic rings. The van der Waals surface area contributed by atoms with Crippen molar-refractivity contribution in [3.05, 3.63) is 50.5 Å². The molecule has 0 atom stereocenters. The van der Waals surface area contributed by atoms with E-state index in [1.54, 1.807) is 32.2 Å². The molecule has 1 heterocycles. The number of aromatic nitrogens is 1. The summed E-state index contributed by atoms with van der Waals surface area (Å²) in [6.07, 6.45) is 0. The Balaban J connectivity index is 2.33. The van der Waals surface area contributed by atoms with Crippen LogP contribution in [0, 0.1) is 13.8 Å². The Labute approximate surface area is 114 Å². The van der Waals surface area contributed by atoms with Crippen molar-refractivity contribution in [2.45, 2.75) is 13.8 Å². The lowest BCUT2D eigenvalue weighted by Crippen LogP contribution is -2.19. The molecule has 1 amide bonds. The van der Waals surface area contributed by atoms with Gasteiger partial charge in [0, 0.05) is 17.8 Å². The Bertz CT molecular complexity index is 700. The van der Waals surface area contributed by atoms with Crippen molar-refractivity contribution >= 4 is 23.2 Å². The Morgan fingerprint density at radius 2 is 2.05 bits per heavy atom. The number of aryl methyl sites for hydroxylation is 2. The summed E-state index contributed by atoms with van der Waals surface area (Å²) in [6, 6.07) is 5.09. The van der Waals surface area contributed by atoms with E-state index in [2.05, 4.69) is 5.32 Å². The predicted octanol–water partition coefficient (Wildman–Crippen LogP) is 2.50. The van der Waals surface area contributed by atoms with E-state index in [0.29, 0.717) is 16.4 Å². The Kier molecular flexibility index (Phi) is 3.48. The summed E-state index contributed by atoms with van der Waals surface area (Å²) in [5.41, 5.74) is 1.27. The summed E-state index contributed by atoms with van der Waals surface area (Å²) in [6.45, 7) is 3.47. The molecule has 0 radical (unpaired) electrons. The normalized spacial score (nSPS) is 10.5. The first-order valence-electron chi connectivity index (χ1n) is 5.64. The van der Waals surface area contributed by atoms with Gasteiger partial charge < -0.3 is 9.84 Å². The van der Waals surface area contributed by atoms with Gasteiger partial charge in [0.05, 0.1) is 5.69 Å². The number of hydrogen-bond donors (Lipinski definition) is 1. The van der Waals surface area contributed by atoms with Gasteiger partial charge in [0.25, 0.3) is 5.91 Å². The third-order valence-corrected chi connectivity index (χ3v) is 3.16. The van der Waals surface area contributed by atoms with E-state index in [1.807, 2.05) is 6.92 Å². The molecule has 2 rings (SSSR count). The minimum Gasteiger partial charge on any atom is -0.336 e. The van der Waals surface area contributed by atoms with Crippen molar-refractivity contribution in [2.24, 2.45) is 7.05 Å². The second kappa shape index (κ2) is 4.93. The molecule has 0 saturated carbocycles. The Morgan fingerprint density at radius 3 is 2.58 bits per heavy atom. The van der Waals surface area contributed by atoms with Crippen molar-refractivity contribution < 1.29 is 9.32 Å². The highest BCUT2D eigenvalue weighted by atomic mass is 35.5. The summed E-state index contributed by atoms with van der Waals surface area (Å²) < 4.78 is 6.10. The standard InChI is InChI=1S/C13H13ClN2O3/c1-7-6-9(14)4-5-10(7)15-12(17)11-8(2)16(3)19-13(11)18/h4-6H,1-3H3,(H,15,17). The predicted molar refractivity (Wildman–Crippen MR) is 72.8 cm³/mol. The minimum absolute atomic E-state index is 0.0110. The quantitative estimate of drug-likeness (QED) is 0.919. The van der Waals surface area contributed by atoms with Gasteiger partial charge in [0.15, 0.2) is 0 Å². The van der Waals surface area contributed by atoms with E-state index in [0.717, 1.165) is 5.56 Å². The third-order valence-electron chi connectivity index (χ3n) is 2.92. The lowest BCUT2D eigenvalue weighted by Gasteiger charge is -2.07. The number of halogens is 1. The van der Waals surface area contributed by atoms with Crippen LogP contribution in [0.25, 0.3) is 0 Å². The molecular weight excluding hydrogens is 268 g/mol. The zero-order valence-electron chi connectivity index (χ0n) is 10.8. The Hall–Kier alpha value is -2.01. The minimum atomic E-state index is -0.649. The number of amides is 1. The van der Waals surface area contributed by atoms with Crippen molar-refractivity contribution in [1.29, 1.82) is 0 Å². The number of rotatable bonds is 2. The first-order chi connectivity index (χ1) is 8.90. The second-order valence-electron chi connectivity index (χ2n) is 4.25. The van der Waals surface area contributed by atoms with Crippen molar-refractivity contribution in [3.8, 4) is 0 Å². The van der Waals surface area contributed by atoms with Gasteiger partial charge in [-0.2, -0.15) is 0 Å². The molecule has 0 fully saturated rings. The van der Waals surface area contributed by atoms with E-state index in [-0.39, 0.29) is 5.56 Å². The Morgan fingerprint density at radius 1 is 1.37 bits per heavy atom. The first kappa shape index (κ1) is 13.4. The molecule has 0 aliphatic carbocycles. The topological polar surface area (TPSA) is 64.2 Å². The molecule has 1 aromatic heterocycles. The van der Waals surface area contributed by atoms with Gasteiger partial charge in [-0.1, -0.05) is 11.6 Å². The molecule has 19 heavy (non-hydrogen) atoms. The summed E-state index contributed by atoms with van der Waals surface area (Å²) in [5.74, 6) is -0.489. The average molecular weight is 281 g/mol. The molecule has 100 valence electrons. The molecule has 5 nitrogen and oxygen atoms in total. The second-order valence-corrected chi connectivity index (χ2v) is 4.69. The smallest absolute Gasteiger partial charge is 0.336 e. The summed E-state index contributed by atoms with van der Waals surface area (Å²) in [5, 5.41) is 3.27. The van der Waals surface area contributed by atoms with Crippen molar-refractivity contribution in [3.63, 3.8) is 0 Å². The third kappa shape index (κ3) is 2.56. The maximum atomic E-state index is 12.1. The fourth-order valence-corrected chi connectivity index (χ4v) is 1.98. The van der Waals surface area contributed by atoms with Crippen LogP contribution in [0.4, 0.5) is 5.69 Å². The van der Waals surface area contributed by atoms with E-state index < -0.39 is 11.5 Å². The maximum Gasteiger partial charge on any atom is 0.370 e. The van der Waals surface area contributed by atoms with Gasteiger partial charge in [-0.3, -0.25) is 4.79 Å². The van der Waals surface area contributed by atoms with Crippen LogP contribution in [0.3, 0.4) is 0 Å². The van der Waals surface area contributed by atoms with Crippen LogP contribution in [-0.2, 0) is 7.05 Å². The van der Waals surface area contributed by atoms with Crippen LogP contribution in [0.5, 0.6) is 0 Å². The number of nitrogens with one attached hydrogen (secondary N) is 1. The maximum absolute atomic E-state index is 12.1. The lowest BCUT2D eigenvalue weighted by atomic mass is 10.2. The van der Waals surface area contributed by atoms with E-state index in [9.17, 15) is 9.59 Å². The molecule has 0 unspecified atom stereocenters. The van der Waals surface area contributed by atoms with Crippen LogP contribution in [-0.4, -0.2) is 10.6 Å². The van der Waals surface area contributed by atoms with Crippen LogP contribution >= 0.6 is 11.6 Å². The number of anilines is 1. The van der Waals surface area contributed by atoms with Crippen LogP contribution in [0.1, 0.15) is 21.6 Å². The average Bonchev–Trinajstić information content (AvgIpc) is 2.57. The van der Waals surface area contributed by atoms with Crippen molar-refractivity contribution in [1.82, 2.24) is 4.74 Å². The van der Waals surface area contributed by atoms with Gasteiger partial charge in [-0.05, 0) is 37.6 Å². The number of hydrogen-bond acceptors (Lipinski definition) is 3. The molecule has 0 saturated heterocycles. The van der Waals surface area contributed by atoms with Crippen LogP contribution in [0.2, 0.25) is 5.02 Å². The van der Waals surface area contributed by atoms with Gasteiger partial charge in [0.2, 0.25) is 0 Å².